The number of hydrogen-bond acceptors (Lipinski definition) is 4. The number of likely N-dealkylation sites (N-methyl/N-ethyl adjacent to an activating group) is 2. The van der Waals surface area contributed by atoms with Crippen LogP contribution in [0.5, 0.6) is 0 Å². The van der Waals surface area contributed by atoms with E-state index in [2.05, 4.69) is 0 Å². The molecule has 268 valence electrons. The van der Waals surface area contributed by atoms with Crippen molar-refractivity contribution in [3.05, 3.63) is 204 Å². The van der Waals surface area contributed by atoms with E-state index in [1.165, 1.54) is 34.8 Å². The van der Waals surface area contributed by atoms with Gasteiger partial charge in [-0.15, -0.1) is 0 Å². The monoisotopic (exact) mass is 738 g/mol. The van der Waals surface area contributed by atoms with E-state index in [0.29, 0.717) is 11.1 Å². The predicted octanol–water partition coefficient (Wildman–Crippen LogP) is 8.56. The summed E-state index contributed by atoms with van der Waals surface area (Å²) in [7, 11) is -4.25. The Kier molecular flexibility index (Phi) is 12.9. The van der Waals surface area contributed by atoms with Gasteiger partial charge in [-0.2, -0.15) is 8.61 Å². The Morgan fingerprint density at radius 3 is 1.00 bits per heavy atom. The second-order valence-corrected chi connectivity index (χ2v) is 16.3. The molecular weight excluding hydrogens is 699 g/mol. The first-order chi connectivity index (χ1) is 25.0. The Bertz CT molecular complexity index is 2080. The SMILES string of the molecule is CN(C[C@@H](c1ccccc1)c1ccccc1F)S(=O)(=O)c1ccccc1.CN(C[C@@H](c1ccccc1)c1ccccc1F)S(=O)(=O)c1ccccc1. The van der Waals surface area contributed by atoms with E-state index >= 15 is 0 Å². The van der Waals surface area contributed by atoms with E-state index in [4.69, 9.17) is 0 Å². The van der Waals surface area contributed by atoms with Gasteiger partial charge in [-0.1, -0.05) is 133 Å². The molecule has 0 N–H and O–H groups in total. The van der Waals surface area contributed by atoms with Gasteiger partial charge in [-0.05, 0) is 58.7 Å². The highest BCUT2D eigenvalue weighted by Gasteiger charge is 2.28. The summed E-state index contributed by atoms with van der Waals surface area (Å²) >= 11 is 0. The van der Waals surface area contributed by atoms with Crippen molar-refractivity contribution in [1.82, 2.24) is 8.61 Å². The van der Waals surface area contributed by atoms with Crippen molar-refractivity contribution in [3.8, 4) is 0 Å². The molecule has 2 atom stereocenters. The van der Waals surface area contributed by atoms with Crippen molar-refractivity contribution >= 4 is 20.0 Å². The summed E-state index contributed by atoms with van der Waals surface area (Å²) in [5, 5.41) is 0. The molecule has 0 heterocycles. The lowest BCUT2D eigenvalue weighted by molar-refractivity contribution is 0.448. The molecule has 0 spiro atoms. The van der Waals surface area contributed by atoms with Crippen LogP contribution in [0.3, 0.4) is 0 Å². The Hall–Kier alpha value is -5.00. The summed E-state index contributed by atoms with van der Waals surface area (Å²) < 4.78 is 82.8. The molecule has 6 aromatic rings. The normalized spacial score (nSPS) is 12.9. The van der Waals surface area contributed by atoms with Crippen molar-refractivity contribution < 1.29 is 25.6 Å². The highest BCUT2D eigenvalue weighted by Crippen LogP contribution is 2.31. The number of hydrogen-bond donors (Lipinski definition) is 0. The van der Waals surface area contributed by atoms with Crippen LogP contribution < -0.4 is 0 Å². The minimum absolute atomic E-state index is 0.141. The van der Waals surface area contributed by atoms with E-state index < -0.39 is 31.9 Å². The number of nitrogens with zero attached hydrogens (tertiary/aromatic N) is 2. The highest BCUT2D eigenvalue weighted by atomic mass is 32.2. The molecule has 0 radical (unpaired) electrons. The molecule has 52 heavy (non-hydrogen) atoms. The van der Waals surface area contributed by atoms with Gasteiger partial charge in [-0.25, -0.2) is 25.6 Å². The van der Waals surface area contributed by atoms with Gasteiger partial charge in [0.2, 0.25) is 20.0 Å². The fraction of sp³-hybridized carbons (Fsp3) is 0.143. The molecule has 0 saturated heterocycles. The Morgan fingerprint density at radius 2 is 0.692 bits per heavy atom. The second-order valence-electron chi connectivity index (χ2n) is 12.2. The Labute approximate surface area is 305 Å². The minimum Gasteiger partial charge on any atom is -0.207 e. The molecule has 0 aliphatic rings. The molecule has 6 nitrogen and oxygen atoms in total. The minimum atomic E-state index is -3.65. The largest absolute Gasteiger partial charge is 0.242 e. The van der Waals surface area contributed by atoms with E-state index in [9.17, 15) is 25.6 Å². The zero-order chi connectivity index (χ0) is 37.1. The molecule has 0 aliphatic carbocycles. The van der Waals surface area contributed by atoms with Gasteiger partial charge in [-0.3, -0.25) is 0 Å². The summed E-state index contributed by atoms with van der Waals surface area (Å²) in [6.07, 6.45) is 0. The van der Waals surface area contributed by atoms with Crippen molar-refractivity contribution in [2.45, 2.75) is 21.6 Å². The number of sulfonamides is 2. The molecule has 6 aromatic carbocycles. The van der Waals surface area contributed by atoms with Gasteiger partial charge in [0.1, 0.15) is 11.6 Å². The third kappa shape index (κ3) is 9.26. The van der Waals surface area contributed by atoms with Crippen LogP contribution in [0.25, 0.3) is 0 Å². The van der Waals surface area contributed by atoms with Crippen molar-refractivity contribution in [2.75, 3.05) is 27.2 Å². The second kappa shape index (κ2) is 17.5. The first-order valence-electron chi connectivity index (χ1n) is 16.6. The number of benzene rings is 6. The zero-order valence-corrected chi connectivity index (χ0v) is 30.5. The van der Waals surface area contributed by atoms with Gasteiger partial charge in [0.05, 0.1) is 9.79 Å². The third-order valence-electron chi connectivity index (χ3n) is 8.75. The Balaban J connectivity index is 0.000000201. The highest BCUT2D eigenvalue weighted by molar-refractivity contribution is 7.89. The predicted molar refractivity (Wildman–Crippen MR) is 202 cm³/mol. The molecule has 0 saturated carbocycles. The summed E-state index contributed by atoms with van der Waals surface area (Å²) in [6.45, 7) is 0.282. The summed E-state index contributed by atoms with van der Waals surface area (Å²) in [6, 6.07) is 48.3. The molecule has 0 bridgehead atoms. The van der Waals surface area contributed by atoms with Crippen LogP contribution in [0.15, 0.2) is 180 Å². The van der Waals surface area contributed by atoms with Gasteiger partial charge >= 0.3 is 0 Å². The lowest BCUT2D eigenvalue weighted by atomic mass is 9.91. The van der Waals surface area contributed by atoms with Crippen LogP contribution >= 0.6 is 0 Å². The number of rotatable bonds is 12. The lowest BCUT2D eigenvalue weighted by Crippen LogP contribution is -2.32. The van der Waals surface area contributed by atoms with Crippen LogP contribution in [-0.2, 0) is 20.0 Å². The molecule has 0 amide bonds. The zero-order valence-electron chi connectivity index (χ0n) is 28.8. The van der Waals surface area contributed by atoms with Crippen molar-refractivity contribution in [3.63, 3.8) is 0 Å². The standard InChI is InChI=1S/2C21H20FNO2S/c2*1-23(26(24,25)18-12-6-3-7-13-18)16-20(17-10-4-2-5-11-17)19-14-8-9-15-21(19)22/h2*2-15,20H,16H2,1H3/t2*20-/m00/s1. The van der Waals surface area contributed by atoms with Gasteiger partial charge in [0, 0.05) is 39.0 Å². The van der Waals surface area contributed by atoms with Crippen LogP contribution in [0.1, 0.15) is 34.1 Å². The van der Waals surface area contributed by atoms with Crippen LogP contribution in [-0.4, -0.2) is 52.6 Å². The molecular formula is C42H40F2N2O4S2. The van der Waals surface area contributed by atoms with Gasteiger partial charge < -0.3 is 0 Å². The van der Waals surface area contributed by atoms with E-state index in [1.54, 1.807) is 97.1 Å². The summed E-state index contributed by atoms with van der Waals surface area (Å²) in [5.74, 6) is -1.49. The topological polar surface area (TPSA) is 74.8 Å². The first-order valence-corrected chi connectivity index (χ1v) is 19.5. The maximum atomic E-state index is 14.4. The summed E-state index contributed by atoms with van der Waals surface area (Å²) in [4.78, 5) is 0.450. The quantitative estimate of drug-likeness (QED) is 0.126. The third-order valence-corrected chi connectivity index (χ3v) is 12.4. The van der Waals surface area contributed by atoms with Crippen LogP contribution in [0, 0.1) is 11.6 Å². The van der Waals surface area contributed by atoms with Crippen molar-refractivity contribution in [1.29, 1.82) is 0 Å². The fourth-order valence-electron chi connectivity index (χ4n) is 5.91. The van der Waals surface area contributed by atoms with Crippen LogP contribution in [0.4, 0.5) is 8.78 Å². The molecule has 0 unspecified atom stereocenters. The molecule has 0 aliphatic heterocycles. The van der Waals surface area contributed by atoms with Crippen molar-refractivity contribution in [2.24, 2.45) is 0 Å². The van der Waals surface area contributed by atoms with Gasteiger partial charge in [0.15, 0.2) is 0 Å². The average molecular weight is 739 g/mol. The molecule has 6 rings (SSSR count). The molecule has 10 heteroatoms. The first kappa shape index (κ1) is 38.2. The summed E-state index contributed by atoms with van der Waals surface area (Å²) in [5.41, 5.74) is 2.70. The maximum Gasteiger partial charge on any atom is 0.242 e. The average Bonchev–Trinajstić information content (AvgIpc) is 3.18. The molecule has 0 fully saturated rings. The lowest BCUT2D eigenvalue weighted by Gasteiger charge is -2.25. The van der Waals surface area contributed by atoms with Crippen LogP contribution in [0.2, 0.25) is 0 Å². The maximum absolute atomic E-state index is 14.4. The Morgan fingerprint density at radius 1 is 0.423 bits per heavy atom. The fourth-order valence-corrected chi connectivity index (χ4v) is 8.32. The molecule has 0 aromatic heterocycles. The van der Waals surface area contributed by atoms with Gasteiger partial charge in [0.25, 0.3) is 0 Å². The smallest absolute Gasteiger partial charge is 0.207 e. The number of halogens is 2. The van der Waals surface area contributed by atoms with E-state index in [0.717, 1.165) is 11.1 Å². The van der Waals surface area contributed by atoms with E-state index in [-0.39, 0.29) is 34.5 Å². The van der Waals surface area contributed by atoms with E-state index in [1.807, 2.05) is 60.7 Å².